The molecule has 6 nitrogen and oxygen atoms in total. The maximum Gasteiger partial charge on any atom is 0.490 e. The van der Waals surface area contributed by atoms with Crippen LogP contribution >= 0.6 is 23.2 Å². The number of amides is 1. The third kappa shape index (κ3) is 5.56. The molecule has 144 valence electrons. The Kier molecular flexibility index (Phi) is 6.63. The van der Waals surface area contributed by atoms with Crippen LogP contribution in [0, 0.1) is 0 Å². The molecule has 1 amide bonds. The van der Waals surface area contributed by atoms with Crippen LogP contribution in [-0.2, 0) is 20.9 Å². The monoisotopic (exact) mass is 421 g/mol. The molecule has 11 heteroatoms. The van der Waals surface area contributed by atoms with Crippen LogP contribution in [0.4, 0.5) is 19.0 Å². The van der Waals surface area contributed by atoms with Crippen molar-refractivity contribution in [3.05, 3.63) is 57.7 Å². The summed E-state index contributed by atoms with van der Waals surface area (Å²) in [5.74, 6) is -3.57. The van der Waals surface area contributed by atoms with E-state index in [0.29, 0.717) is 5.56 Å². The molecule has 1 unspecified atom stereocenters. The topological polar surface area (TPSA) is 94.3 Å². The lowest BCUT2D eigenvalue weighted by molar-refractivity contribution is -0.205. The van der Waals surface area contributed by atoms with Crippen molar-refractivity contribution in [3.8, 4) is 0 Å². The van der Waals surface area contributed by atoms with Crippen molar-refractivity contribution in [1.29, 1.82) is 0 Å². The van der Waals surface area contributed by atoms with E-state index >= 15 is 0 Å². The molecular weight excluding hydrogens is 410 g/mol. The van der Waals surface area contributed by atoms with Crippen LogP contribution in [-0.4, -0.2) is 23.0 Å². The van der Waals surface area contributed by atoms with Gasteiger partial charge in [0.1, 0.15) is 5.82 Å². The fourth-order valence-corrected chi connectivity index (χ4v) is 2.29. The van der Waals surface area contributed by atoms with E-state index in [4.69, 9.17) is 28.9 Å². The highest BCUT2D eigenvalue weighted by molar-refractivity contribution is 6.42. The van der Waals surface area contributed by atoms with Crippen molar-refractivity contribution >= 4 is 40.9 Å². The summed E-state index contributed by atoms with van der Waals surface area (Å²) in [5, 5.41) is 2.36. The highest BCUT2D eigenvalue weighted by Gasteiger charge is 2.43. The van der Waals surface area contributed by atoms with Gasteiger partial charge in [-0.15, -0.1) is 0 Å². The second-order valence-electron chi connectivity index (χ2n) is 5.20. The van der Waals surface area contributed by atoms with Crippen molar-refractivity contribution in [2.24, 2.45) is 5.73 Å². The predicted octanol–water partition coefficient (Wildman–Crippen LogP) is 3.63. The number of hydrogen-bond acceptors (Lipinski definition) is 5. The molecule has 0 fully saturated rings. The van der Waals surface area contributed by atoms with Gasteiger partial charge in [-0.05, 0) is 29.8 Å². The van der Waals surface area contributed by atoms with Crippen LogP contribution in [0.3, 0.4) is 0 Å². The molecule has 0 aliphatic heterocycles. The molecule has 0 saturated heterocycles. The first-order valence-corrected chi connectivity index (χ1v) is 8.06. The number of carbonyl (C=O) groups excluding carboxylic acids is 2. The number of nitrogens with zero attached hydrogens (tertiary/aromatic N) is 1. The van der Waals surface area contributed by atoms with Gasteiger partial charge in [-0.3, -0.25) is 4.79 Å². The number of alkyl halides is 3. The van der Waals surface area contributed by atoms with Crippen molar-refractivity contribution in [2.75, 3.05) is 5.32 Å². The number of esters is 1. The van der Waals surface area contributed by atoms with E-state index in [1.807, 2.05) is 0 Å². The molecule has 1 atom stereocenters. The molecule has 3 N–H and O–H groups in total. The van der Waals surface area contributed by atoms with Crippen molar-refractivity contribution in [1.82, 2.24) is 4.98 Å². The molecule has 2 rings (SSSR count). The number of halogens is 5. The van der Waals surface area contributed by atoms with E-state index in [1.165, 1.54) is 24.4 Å². The molecule has 0 bridgehead atoms. The van der Waals surface area contributed by atoms with E-state index in [0.717, 1.165) is 6.07 Å². The number of anilines is 1. The molecule has 27 heavy (non-hydrogen) atoms. The molecule has 0 radical (unpaired) electrons. The number of nitrogens with one attached hydrogen (secondary N) is 1. The van der Waals surface area contributed by atoms with E-state index in [-0.39, 0.29) is 28.0 Å². The Morgan fingerprint density at radius 1 is 1.19 bits per heavy atom. The maximum atomic E-state index is 12.6. The Bertz CT molecular complexity index is 862. The van der Waals surface area contributed by atoms with Crippen LogP contribution in [0.15, 0.2) is 36.5 Å². The summed E-state index contributed by atoms with van der Waals surface area (Å²) in [7, 11) is 0. The first kappa shape index (κ1) is 20.9. The van der Waals surface area contributed by atoms with Gasteiger partial charge >= 0.3 is 12.1 Å². The zero-order valence-corrected chi connectivity index (χ0v) is 14.9. The Labute approximate surface area is 161 Å². The van der Waals surface area contributed by atoms with Crippen LogP contribution in [0.5, 0.6) is 0 Å². The van der Waals surface area contributed by atoms with Gasteiger partial charge in [0.05, 0.1) is 10.0 Å². The fraction of sp³-hybridized carbons (Fsp3) is 0.188. The van der Waals surface area contributed by atoms with E-state index in [1.54, 1.807) is 6.07 Å². The third-order valence-electron chi connectivity index (χ3n) is 3.25. The molecule has 0 spiro atoms. The average molecular weight is 422 g/mol. The summed E-state index contributed by atoms with van der Waals surface area (Å²) >= 11 is 11.6. The SMILES string of the molecule is NCc1ccnc(NC(=O)C(OC(=O)C(F)(F)F)c2ccc(Cl)c(Cl)c2)c1. The Hall–Kier alpha value is -2.36. The Balaban J connectivity index is 2.33. The lowest BCUT2D eigenvalue weighted by Crippen LogP contribution is -2.32. The van der Waals surface area contributed by atoms with Crippen molar-refractivity contribution in [3.63, 3.8) is 0 Å². The van der Waals surface area contributed by atoms with Crippen molar-refractivity contribution in [2.45, 2.75) is 18.8 Å². The summed E-state index contributed by atoms with van der Waals surface area (Å²) in [6, 6.07) is 6.62. The maximum absolute atomic E-state index is 12.6. The number of benzene rings is 1. The first-order chi connectivity index (χ1) is 12.6. The molecule has 1 aromatic carbocycles. The molecule has 0 saturated carbocycles. The van der Waals surface area contributed by atoms with Crippen molar-refractivity contribution < 1.29 is 27.5 Å². The Morgan fingerprint density at radius 2 is 1.89 bits per heavy atom. The van der Waals surface area contributed by atoms with Gasteiger partial charge < -0.3 is 15.8 Å². The standard InChI is InChI=1S/C16H12Cl2F3N3O3/c17-10-2-1-9(6-11(10)18)13(27-15(26)16(19,20)21)14(25)24-12-5-8(7-22)3-4-23-12/h1-6,13H,7,22H2,(H,23,24,25). The van der Waals surface area contributed by atoms with Gasteiger partial charge in [-0.25, -0.2) is 9.78 Å². The van der Waals surface area contributed by atoms with Gasteiger partial charge in [0.25, 0.3) is 5.91 Å². The van der Waals surface area contributed by atoms with Gasteiger partial charge in [0, 0.05) is 18.3 Å². The summed E-state index contributed by atoms with van der Waals surface area (Å²) in [6.07, 6.45) is -5.86. The molecule has 1 heterocycles. The van der Waals surface area contributed by atoms with Crippen LogP contribution in [0.1, 0.15) is 17.2 Å². The highest BCUT2D eigenvalue weighted by Crippen LogP contribution is 2.30. The van der Waals surface area contributed by atoms with E-state index < -0.39 is 24.2 Å². The fourth-order valence-electron chi connectivity index (χ4n) is 1.98. The number of pyridine rings is 1. The molecule has 2 aromatic rings. The molecule has 1 aromatic heterocycles. The van der Waals surface area contributed by atoms with Gasteiger partial charge in [0.15, 0.2) is 0 Å². The number of hydrogen-bond donors (Lipinski definition) is 2. The summed E-state index contributed by atoms with van der Waals surface area (Å²) < 4.78 is 42.1. The largest absolute Gasteiger partial charge is 0.490 e. The smallest absolute Gasteiger partial charge is 0.441 e. The normalized spacial score (nSPS) is 12.4. The molecule has 0 aliphatic carbocycles. The van der Waals surface area contributed by atoms with Crippen LogP contribution in [0.25, 0.3) is 0 Å². The second-order valence-corrected chi connectivity index (χ2v) is 6.01. The minimum Gasteiger partial charge on any atom is -0.441 e. The zero-order chi connectivity index (χ0) is 20.2. The number of nitrogens with two attached hydrogens (primary N) is 1. The van der Waals surface area contributed by atoms with E-state index in [2.05, 4.69) is 15.0 Å². The zero-order valence-electron chi connectivity index (χ0n) is 13.4. The van der Waals surface area contributed by atoms with Crippen LogP contribution in [0.2, 0.25) is 10.0 Å². The van der Waals surface area contributed by atoms with Gasteiger partial charge in [0.2, 0.25) is 6.10 Å². The predicted molar refractivity (Wildman–Crippen MR) is 92.1 cm³/mol. The Morgan fingerprint density at radius 3 is 2.48 bits per heavy atom. The molecular formula is C16H12Cl2F3N3O3. The number of carbonyl (C=O) groups is 2. The van der Waals surface area contributed by atoms with Gasteiger partial charge in [-0.2, -0.15) is 13.2 Å². The minimum absolute atomic E-state index is 0.0241. The van der Waals surface area contributed by atoms with Gasteiger partial charge in [-0.1, -0.05) is 29.3 Å². The lowest BCUT2D eigenvalue weighted by Gasteiger charge is -2.19. The summed E-state index contributed by atoms with van der Waals surface area (Å²) in [6.45, 7) is 0.157. The molecule has 0 aliphatic rings. The number of ether oxygens (including phenoxy) is 1. The summed E-state index contributed by atoms with van der Waals surface area (Å²) in [5.41, 5.74) is 6.00. The van der Waals surface area contributed by atoms with Crippen LogP contribution < -0.4 is 11.1 Å². The highest BCUT2D eigenvalue weighted by atomic mass is 35.5. The first-order valence-electron chi connectivity index (χ1n) is 7.30. The lowest BCUT2D eigenvalue weighted by atomic mass is 10.1. The quantitative estimate of drug-likeness (QED) is 0.718. The van der Waals surface area contributed by atoms with E-state index in [9.17, 15) is 22.8 Å². The second kappa shape index (κ2) is 8.55. The summed E-state index contributed by atoms with van der Waals surface area (Å²) in [4.78, 5) is 27.6. The third-order valence-corrected chi connectivity index (χ3v) is 3.99. The number of rotatable bonds is 5. The minimum atomic E-state index is -5.29. The number of aromatic nitrogens is 1. The average Bonchev–Trinajstić information content (AvgIpc) is 2.61.